The summed E-state index contributed by atoms with van der Waals surface area (Å²) < 4.78 is 1.58. The molecule has 2 N–H and O–H groups in total. The summed E-state index contributed by atoms with van der Waals surface area (Å²) in [5.74, 6) is -0.934. The van der Waals surface area contributed by atoms with Crippen molar-refractivity contribution in [2.75, 3.05) is 6.54 Å². The molecular weight excluding hydrogens is 272 g/mol. The van der Waals surface area contributed by atoms with Gasteiger partial charge < -0.3 is 10.4 Å². The van der Waals surface area contributed by atoms with Gasteiger partial charge in [0, 0.05) is 19.2 Å². The summed E-state index contributed by atoms with van der Waals surface area (Å²) in [4.78, 5) is 23.5. The van der Waals surface area contributed by atoms with Crippen LogP contribution >= 0.6 is 0 Å². The number of aryl methyl sites for hydroxylation is 1. The van der Waals surface area contributed by atoms with Crippen LogP contribution in [0.2, 0.25) is 0 Å². The number of hydrogen-bond acceptors (Lipinski definition) is 4. The van der Waals surface area contributed by atoms with E-state index < -0.39 is 11.4 Å². The number of carboxylic acids is 1. The molecule has 1 fully saturated rings. The van der Waals surface area contributed by atoms with E-state index in [1.165, 1.54) is 0 Å². The molecule has 0 spiro atoms. The standard InChI is InChI=1S/C14H22N4O3/c19-12(5-9-18-10-8-16-17-18)15-11-14(13(20)21)6-3-1-2-4-7-14/h8,10H,1-7,9,11H2,(H,15,19)(H,20,21). The minimum absolute atomic E-state index is 0.143. The molecule has 1 saturated carbocycles. The van der Waals surface area contributed by atoms with Gasteiger partial charge in [0.15, 0.2) is 0 Å². The lowest BCUT2D eigenvalue weighted by molar-refractivity contribution is -0.149. The molecular formula is C14H22N4O3. The van der Waals surface area contributed by atoms with Crippen molar-refractivity contribution in [3.05, 3.63) is 12.4 Å². The Morgan fingerprint density at radius 3 is 2.52 bits per heavy atom. The first kappa shape index (κ1) is 15.5. The average molecular weight is 294 g/mol. The third kappa shape index (κ3) is 4.27. The predicted octanol–water partition coefficient (Wildman–Crippen LogP) is 1.21. The first-order valence-electron chi connectivity index (χ1n) is 7.47. The van der Waals surface area contributed by atoms with Gasteiger partial charge in [-0.1, -0.05) is 30.9 Å². The lowest BCUT2D eigenvalue weighted by Crippen LogP contribution is -2.43. The zero-order valence-electron chi connectivity index (χ0n) is 12.1. The second kappa shape index (κ2) is 7.19. The summed E-state index contributed by atoms with van der Waals surface area (Å²) >= 11 is 0. The molecule has 1 heterocycles. The summed E-state index contributed by atoms with van der Waals surface area (Å²) in [5.41, 5.74) is -0.792. The van der Waals surface area contributed by atoms with Gasteiger partial charge in [-0.3, -0.25) is 14.3 Å². The second-order valence-corrected chi connectivity index (χ2v) is 5.69. The highest BCUT2D eigenvalue weighted by Gasteiger charge is 2.38. The highest BCUT2D eigenvalue weighted by atomic mass is 16.4. The highest BCUT2D eigenvalue weighted by Crippen LogP contribution is 2.34. The maximum atomic E-state index is 11.9. The number of carbonyl (C=O) groups is 2. The molecule has 0 aromatic carbocycles. The Kier molecular flexibility index (Phi) is 5.30. The smallest absolute Gasteiger partial charge is 0.311 e. The molecule has 1 aliphatic rings. The zero-order chi connectivity index (χ0) is 15.1. The number of hydrogen-bond donors (Lipinski definition) is 2. The summed E-state index contributed by atoms with van der Waals surface area (Å²) in [5, 5.41) is 19.8. The zero-order valence-corrected chi connectivity index (χ0v) is 12.1. The second-order valence-electron chi connectivity index (χ2n) is 5.69. The van der Waals surface area contributed by atoms with Crippen molar-refractivity contribution in [1.82, 2.24) is 20.3 Å². The van der Waals surface area contributed by atoms with Crippen LogP contribution in [0.25, 0.3) is 0 Å². The van der Waals surface area contributed by atoms with E-state index in [1.807, 2.05) is 0 Å². The number of rotatable bonds is 6. The molecule has 1 aromatic heterocycles. The Balaban J connectivity index is 1.83. The number of nitrogens with zero attached hydrogens (tertiary/aromatic N) is 3. The Bertz CT molecular complexity index is 465. The van der Waals surface area contributed by atoms with Crippen LogP contribution in [0.3, 0.4) is 0 Å². The molecule has 21 heavy (non-hydrogen) atoms. The van der Waals surface area contributed by atoms with Crippen LogP contribution in [0, 0.1) is 5.41 Å². The van der Waals surface area contributed by atoms with E-state index in [0.717, 1.165) is 25.7 Å². The summed E-state index contributed by atoms with van der Waals surface area (Å²) in [6, 6.07) is 0. The highest BCUT2D eigenvalue weighted by molar-refractivity contribution is 5.79. The molecule has 1 aromatic rings. The van der Waals surface area contributed by atoms with Crippen molar-refractivity contribution in [1.29, 1.82) is 0 Å². The van der Waals surface area contributed by atoms with Gasteiger partial charge in [0.25, 0.3) is 0 Å². The molecule has 0 unspecified atom stereocenters. The summed E-state index contributed by atoms with van der Waals surface area (Å²) in [6.07, 6.45) is 8.81. The number of carbonyl (C=O) groups excluding carboxylic acids is 1. The van der Waals surface area contributed by atoms with E-state index in [0.29, 0.717) is 19.4 Å². The Hall–Kier alpha value is -1.92. The summed E-state index contributed by atoms with van der Waals surface area (Å²) in [6.45, 7) is 0.671. The molecule has 7 heteroatoms. The Morgan fingerprint density at radius 2 is 1.95 bits per heavy atom. The van der Waals surface area contributed by atoms with E-state index in [-0.39, 0.29) is 18.9 Å². The topological polar surface area (TPSA) is 97.1 Å². The number of nitrogens with one attached hydrogen (secondary N) is 1. The molecule has 0 aliphatic heterocycles. The van der Waals surface area contributed by atoms with Crippen LogP contribution < -0.4 is 5.32 Å². The molecule has 2 rings (SSSR count). The van der Waals surface area contributed by atoms with E-state index in [1.54, 1.807) is 17.1 Å². The predicted molar refractivity (Wildman–Crippen MR) is 75.4 cm³/mol. The number of aliphatic carboxylic acids is 1. The molecule has 7 nitrogen and oxygen atoms in total. The largest absolute Gasteiger partial charge is 0.481 e. The van der Waals surface area contributed by atoms with Crippen molar-refractivity contribution in [2.45, 2.75) is 51.5 Å². The van der Waals surface area contributed by atoms with Gasteiger partial charge in [-0.05, 0) is 12.8 Å². The maximum absolute atomic E-state index is 11.9. The van der Waals surface area contributed by atoms with Gasteiger partial charge >= 0.3 is 5.97 Å². The molecule has 1 amide bonds. The van der Waals surface area contributed by atoms with Crippen molar-refractivity contribution in [2.24, 2.45) is 5.41 Å². The molecule has 0 radical (unpaired) electrons. The van der Waals surface area contributed by atoms with E-state index in [9.17, 15) is 14.7 Å². The van der Waals surface area contributed by atoms with Crippen molar-refractivity contribution >= 4 is 11.9 Å². The minimum atomic E-state index is -0.792. The van der Waals surface area contributed by atoms with E-state index >= 15 is 0 Å². The monoisotopic (exact) mass is 294 g/mol. The first-order valence-corrected chi connectivity index (χ1v) is 7.47. The van der Waals surface area contributed by atoms with E-state index in [4.69, 9.17) is 0 Å². The lowest BCUT2D eigenvalue weighted by Gasteiger charge is -2.28. The molecule has 0 bridgehead atoms. The van der Waals surface area contributed by atoms with Crippen LogP contribution in [0.5, 0.6) is 0 Å². The molecule has 116 valence electrons. The SMILES string of the molecule is O=C(CCn1ccnn1)NCC1(C(=O)O)CCCCCC1. The van der Waals surface area contributed by atoms with Gasteiger partial charge in [0.1, 0.15) is 0 Å². The quantitative estimate of drug-likeness (QED) is 0.769. The van der Waals surface area contributed by atoms with Gasteiger partial charge in [0.2, 0.25) is 5.91 Å². The van der Waals surface area contributed by atoms with E-state index in [2.05, 4.69) is 15.6 Å². The van der Waals surface area contributed by atoms with Crippen LogP contribution in [-0.4, -0.2) is 38.5 Å². The van der Waals surface area contributed by atoms with Crippen LogP contribution in [-0.2, 0) is 16.1 Å². The molecule has 0 saturated heterocycles. The fraction of sp³-hybridized carbons (Fsp3) is 0.714. The van der Waals surface area contributed by atoms with Gasteiger partial charge in [-0.25, -0.2) is 0 Å². The third-order valence-corrected chi connectivity index (χ3v) is 4.18. The van der Waals surface area contributed by atoms with Crippen LogP contribution in [0.1, 0.15) is 44.9 Å². The fourth-order valence-electron chi connectivity index (χ4n) is 2.80. The fourth-order valence-corrected chi connectivity index (χ4v) is 2.80. The van der Waals surface area contributed by atoms with Crippen LogP contribution in [0.15, 0.2) is 12.4 Å². The van der Waals surface area contributed by atoms with Crippen molar-refractivity contribution < 1.29 is 14.7 Å². The number of amides is 1. The lowest BCUT2D eigenvalue weighted by atomic mass is 9.80. The Labute approximate surface area is 123 Å². The number of aromatic nitrogens is 3. The number of carboxylic acid groups (broad SMARTS) is 1. The van der Waals surface area contributed by atoms with Crippen LogP contribution in [0.4, 0.5) is 0 Å². The molecule has 0 atom stereocenters. The minimum Gasteiger partial charge on any atom is -0.481 e. The normalized spacial score (nSPS) is 17.9. The molecule has 1 aliphatic carbocycles. The van der Waals surface area contributed by atoms with Gasteiger partial charge in [-0.2, -0.15) is 0 Å². The maximum Gasteiger partial charge on any atom is 0.311 e. The first-order chi connectivity index (χ1) is 10.1. The van der Waals surface area contributed by atoms with Gasteiger partial charge in [-0.15, -0.1) is 5.10 Å². The average Bonchev–Trinajstić information content (AvgIpc) is 2.87. The van der Waals surface area contributed by atoms with Crippen molar-refractivity contribution in [3.63, 3.8) is 0 Å². The van der Waals surface area contributed by atoms with Crippen molar-refractivity contribution in [3.8, 4) is 0 Å². The summed E-state index contributed by atoms with van der Waals surface area (Å²) in [7, 11) is 0. The Morgan fingerprint density at radius 1 is 1.24 bits per heavy atom. The third-order valence-electron chi connectivity index (χ3n) is 4.18. The van der Waals surface area contributed by atoms with Gasteiger partial charge in [0.05, 0.1) is 18.2 Å².